The van der Waals surface area contributed by atoms with Crippen LogP contribution in [0.15, 0.2) is 17.5 Å². The molecule has 0 fully saturated rings. The minimum absolute atomic E-state index is 0.0549. The van der Waals surface area contributed by atoms with E-state index in [4.69, 9.17) is 28.9 Å². The number of nitrogens with two attached hydrogens (primary N) is 1. The van der Waals surface area contributed by atoms with Gasteiger partial charge in [0.15, 0.2) is 5.82 Å². The lowest BCUT2D eigenvalue weighted by Gasteiger charge is -2.12. The summed E-state index contributed by atoms with van der Waals surface area (Å²) in [5.74, 6) is 0.564. The van der Waals surface area contributed by atoms with Crippen LogP contribution < -0.4 is 11.1 Å². The molecule has 0 amide bonds. The predicted octanol–water partition coefficient (Wildman–Crippen LogP) is 4.52. The van der Waals surface area contributed by atoms with Gasteiger partial charge in [-0.25, -0.2) is 4.52 Å². The van der Waals surface area contributed by atoms with Crippen LogP contribution in [0.25, 0.3) is 5.52 Å². The second-order valence-electron chi connectivity index (χ2n) is 6.20. The Morgan fingerprint density at radius 2 is 2.18 bits per heavy atom. The summed E-state index contributed by atoms with van der Waals surface area (Å²) in [5, 5.41) is 9.89. The lowest BCUT2D eigenvalue weighted by atomic mass is 10.0. The molecule has 0 bridgehead atoms. The SMILES string of the molecule is Cc1c(C[C@@H](N)CCOC(F)F)c(Cl)n2nc(Cl)nc(NCc3cccs3)c12. The van der Waals surface area contributed by atoms with E-state index >= 15 is 0 Å². The van der Waals surface area contributed by atoms with Crippen molar-refractivity contribution in [3.63, 3.8) is 0 Å². The van der Waals surface area contributed by atoms with Crippen LogP contribution in [0, 0.1) is 6.92 Å². The van der Waals surface area contributed by atoms with Crippen LogP contribution in [0.1, 0.15) is 22.4 Å². The normalized spacial score (nSPS) is 12.8. The van der Waals surface area contributed by atoms with Crippen LogP contribution in [-0.4, -0.2) is 33.9 Å². The number of fused-ring (bicyclic) bond motifs is 1. The van der Waals surface area contributed by atoms with Crippen molar-refractivity contribution in [1.29, 1.82) is 0 Å². The van der Waals surface area contributed by atoms with E-state index in [2.05, 4.69) is 20.1 Å². The Hall–Kier alpha value is -1.52. The first kappa shape index (κ1) is 21.2. The van der Waals surface area contributed by atoms with Crippen LogP contribution in [0.4, 0.5) is 14.6 Å². The molecule has 11 heteroatoms. The summed E-state index contributed by atoms with van der Waals surface area (Å²) in [5.41, 5.74) is 8.42. The maximum absolute atomic E-state index is 12.1. The Balaban J connectivity index is 1.85. The third kappa shape index (κ3) is 4.90. The highest BCUT2D eigenvalue weighted by Crippen LogP contribution is 2.32. The maximum Gasteiger partial charge on any atom is 0.345 e. The van der Waals surface area contributed by atoms with Crippen LogP contribution in [-0.2, 0) is 17.7 Å². The quantitative estimate of drug-likeness (QED) is 0.502. The van der Waals surface area contributed by atoms with Crippen molar-refractivity contribution in [2.45, 2.75) is 39.0 Å². The van der Waals surface area contributed by atoms with Crippen molar-refractivity contribution in [2.75, 3.05) is 11.9 Å². The van der Waals surface area contributed by atoms with E-state index in [9.17, 15) is 8.78 Å². The Morgan fingerprint density at radius 1 is 1.39 bits per heavy atom. The van der Waals surface area contributed by atoms with Crippen molar-refractivity contribution in [3.8, 4) is 0 Å². The summed E-state index contributed by atoms with van der Waals surface area (Å²) >= 11 is 14.2. The summed E-state index contributed by atoms with van der Waals surface area (Å²) in [7, 11) is 0. The number of alkyl halides is 2. The summed E-state index contributed by atoms with van der Waals surface area (Å²) in [4.78, 5) is 5.44. The standard InChI is InChI=1S/C17H19Cl2F2N5OS/c1-9-12(7-10(22)4-5-27-17(20)21)14(18)26-13(9)15(24-16(19)25-26)23-8-11-3-2-6-28-11/h2-3,6,10,17H,4-5,7-8,22H2,1H3,(H,23,24,25)/t10-/m0/s1. The van der Waals surface area contributed by atoms with Crippen molar-refractivity contribution < 1.29 is 13.5 Å². The summed E-state index contributed by atoms with van der Waals surface area (Å²) < 4.78 is 30.0. The third-order valence-corrected chi connectivity index (χ3v) is 5.70. The van der Waals surface area contributed by atoms with Crippen LogP contribution in [0.2, 0.25) is 10.4 Å². The molecule has 3 rings (SSSR count). The number of nitrogens with zero attached hydrogens (tertiary/aromatic N) is 3. The van der Waals surface area contributed by atoms with E-state index in [1.165, 1.54) is 4.52 Å². The smallest absolute Gasteiger partial charge is 0.345 e. The molecular weight excluding hydrogens is 431 g/mol. The number of hydrogen-bond acceptors (Lipinski definition) is 6. The average Bonchev–Trinajstić information content (AvgIpc) is 3.23. The highest BCUT2D eigenvalue weighted by atomic mass is 35.5. The highest BCUT2D eigenvalue weighted by molar-refractivity contribution is 7.09. The second-order valence-corrected chi connectivity index (χ2v) is 7.93. The number of rotatable bonds is 9. The molecule has 0 spiro atoms. The van der Waals surface area contributed by atoms with Gasteiger partial charge in [-0.15, -0.1) is 16.4 Å². The zero-order valence-electron chi connectivity index (χ0n) is 15.0. The summed E-state index contributed by atoms with van der Waals surface area (Å²) in [6.45, 7) is -0.443. The fraction of sp³-hybridized carbons (Fsp3) is 0.412. The lowest BCUT2D eigenvalue weighted by molar-refractivity contribution is -0.129. The molecule has 152 valence electrons. The van der Waals surface area contributed by atoms with E-state index in [1.807, 2.05) is 24.4 Å². The zero-order valence-corrected chi connectivity index (χ0v) is 17.3. The van der Waals surface area contributed by atoms with Crippen molar-refractivity contribution >= 4 is 45.9 Å². The van der Waals surface area contributed by atoms with E-state index in [0.717, 1.165) is 16.0 Å². The largest absolute Gasteiger partial charge is 0.363 e. The molecular formula is C17H19Cl2F2N5OS. The molecule has 1 atom stereocenters. The number of ether oxygens (including phenoxy) is 1. The van der Waals surface area contributed by atoms with Gasteiger partial charge in [0.05, 0.1) is 13.2 Å². The Morgan fingerprint density at radius 3 is 2.86 bits per heavy atom. The highest BCUT2D eigenvalue weighted by Gasteiger charge is 2.21. The van der Waals surface area contributed by atoms with Gasteiger partial charge < -0.3 is 15.8 Å². The molecule has 0 saturated carbocycles. The van der Waals surface area contributed by atoms with Crippen LogP contribution in [0.3, 0.4) is 0 Å². The number of thiophene rings is 1. The fourth-order valence-electron chi connectivity index (χ4n) is 2.92. The summed E-state index contributed by atoms with van der Waals surface area (Å²) in [6.07, 6.45) is 0.671. The van der Waals surface area contributed by atoms with Gasteiger partial charge in [0.25, 0.3) is 0 Å². The number of halogens is 4. The number of anilines is 1. The van der Waals surface area contributed by atoms with Gasteiger partial charge in [-0.1, -0.05) is 17.7 Å². The fourth-order valence-corrected chi connectivity index (χ4v) is 4.07. The molecule has 0 aliphatic rings. The monoisotopic (exact) mass is 449 g/mol. The van der Waals surface area contributed by atoms with Gasteiger partial charge in [-0.3, -0.25) is 0 Å². The topological polar surface area (TPSA) is 77.5 Å². The summed E-state index contributed by atoms with van der Waals surface area (Å²) in [6, 6.07) is 3.60. The van der Waals surface area contributed by atoms with Gasteiger partial charge in [-0.05, 0) is 53.9 Å². The molecule has 0 aromatic carbocycles. The van der Waals surface area contributed by atoms with E-state index in [1.54, 1.807) is 11.3 Å². The lowest BCUT2D eigenvalue weighted by Crippen LogP contribution is -2.25. The Kier molecular flexibility index (Phi) is 7.05. The Labute approximate surface area is 174 Å². The number of hydrogen-bond donors (Lipinski definition) is 2. The predicted molar refractivity (Wildman–Crippen MR) is 108 cm³/mol. The molecule has 28 heavy (non-hydrogen) atoms. The number of aromatic nitrogens is 3. The molecule has 6 nitrogen and oxygen atoms in total. The zero-order chi connectivity index (χ0) is 20.3. The van der Waals surface area contributed by atoms with E-state index < -0.39 is 12.7 Å². The minimum atomic E-state index is -2.80. The second kappa shape index (κ2) is 9.32. The maximum atomic E-state index is 12.1. The van der Waals surface area contributed by atoms with Crippen molar-refractivity contribution in [3.05, 3.63) is 44.0 Å². The molecule has 3 heterocycles. The molecule has 0 unspecified atom stereocenters. The van der Waals surface area contributed by atoms with Crippen molar-refractivity contribution in [1.82, 2.24) is 14.6 Å². The van der Waals surface area contributed by atoms with Gasteiger partial charge >= 0.3 is 6.61 Å². The molecule has 0 saturated heterocycles. The van der Waals surface area contributed by atoms with Gasteiger partial charge in [-0.2, -0.15) is 13.8 Å². The molecule has 3 aromatic rings. The Bertz CT molecular complexity index is 936. The van der Waals surface area contributed by atoms with E-state index in [0.29, 0.717) is 29.5 Å². The molecule has 0 radical (unpaired) electrons. The van der Waals surface area contributed by atoms with Gasteiger partial charge in [0, 0.05) is 10.9 Å². The molecule has 0 aliphatic heterocycles. The van der Waals surface area contributed by atoms with Gasteiger partial charge in [0.1, 0.15) is 10.7 Å². The van der Waals surface area contributed by atoms with E-state index in [-0.39, 0.29) is 18.3 Å². The molecule has 3 aromatic heterocycles. The van der Waals surface area contributed by atoms with Crippen LogP contribution >= 0.6 is 34.5 Å². The number of nitrogens with one attached hydrogen (secondary N) is 1. The first-order valence-corrected chi connectivity index (χ1v) is 10.1. The minimum Gasteiger partial charge on any atom is -0.363 e. The third-order valence-electron chi connectivity index (χ3n) is 4.27. The molecule has 3 N–H and O–H groups in total. The average molecular weight is 450 g/mol. The van der Waals surface area contributed by atoms with Gasteiger partial charge in [0.2, 0.25) is 5.28 Å². The first-order valence-electron chi connectivity index (χ1n) is 8.51. The first-order chi connectivity index (χ1) is 13.4. The molecule has 0 aliphatic carbocycles. The number of aryl methyl sites for hydroxylation is 1. The van der Waals surface area contributed by atoms with Crippen molar-refractivity contribution in [2.24, 2.45) is 5.73 Å². The van der Waals surface area contributed by atoms with Crippen LogP contribution in [0.5, 0.6) is 0 Å².